The number of carbonyl (C=O) groups excluding carboxylic acids is 2. The van der Waals surface area contributed by atoms with Crippen molar-refractivity contribution in [2.45, 2.75) is 13.3 Å². The van der Waals surface area contributed by atoms with Gasteiger partial charge in [0.05, 0.1) is 30.5 Å². The molecule has 1 N–H and O–H groups in total. The number of carbonyl (C=O) groups is 2. The zero-order chi connectivity index (χ0) is 15.2. The molecule has 0 fully saturated rings. The van der Waals surface area contributed by atoms with Gasteiger partial charge in [0.25, 0.3) is 5.91 Å². The molecule has 6 nitrogen and oxygen atoms in total. The number of esters is 1. The van der Waals surface area contributed by atoms with Crippen LogP contribution in [0.25, 0.3) is 0 Å². The van der Waals surface area contributed by atoms with Gasteiger partial charge in [-0.15, -0.1) is 11.3 Å². The van der Waals surface area contributed by atoms with E-state index in [-0.39, 0.29) is 23.1 Å². The SMILES string of the molecule is CCOC(=O)Cc1csc(NC(=O)c2ccncc2F)n1. The maximum Gasteiger partial charge on any atom is 0.311 e. The van der Waals surface area contributed by atoms with Crippen LogP contribution in [0.3, 0.4) is 0 Å². The molecule has 0 aromatic carbocycles. The van der Waals surface area contributed by atoms with E-state index >= 15 is 0 Å². The smallest absolute Gasteiger partial charge is 0.311 e. The summed E-state index contributed by atoms with van der Waals surface area (Å²) in [4.78, 5) is 30.8. The number of nitrogens with one attached hydrogen (secondary N) is 1. The van der Waals surface area contributed by atoms with Gasteiger partial charge in [-0.05, 0) is 13.0 Å². The van der Waals surface area contributed by atoms with Crippen LogP contribution in [0, 0.1) is 5.82 Å². The number of amides is 1. The number of nitrogens with zero attached hydrogens (tertiary/aromatic N) is 2. The van der Waals surface area contributed by atoms with Gasteiger partial charge in [-0.2, -0.15) is 0 Å². The second-order valence-electron chi connectivity index (χ2n) is 3.94. The summed E-state index contributed by atoms with van der Waals surface area (Å²) in [6, 6.07) is 1.28. The quantitative estimate of drug-likeness (QED) is 0.855. The van der Waals surface area contributed by atoms with Gasteiger partial charge in [0, 0.05) is 11.6 Å². The number of pyridine rings is 1. The lowest BCUT2D eigenvalue weighted by Gasteiger charge is -2.02. The Balaban J connectivity index is 2.01. The number of thiazole rings is 1. The Hall–Kier alpha value is -2.35. The molecule has 0 saturated carbocycles. The van der Waals surface area contributed by atoms with Crippen LogP contribution in [0.1, 0.15) is 23.0 Å². The van der Waals surface area contributed by atoms with Crippen molar-refractivity contribution in [3.63, 3.8) is 0 Å². The average molecular weight is 309 g/mol. The molecule has 0 bridgehead atoms. The lowest BCUT2D eigenvalue weighted by molar-refractivity contribution is -0.142. The van der Waals surface area contributed by atoms with E-state index in [2.05, 4.69) is 15.3 Å². The van der Waals surface area contributed by atoms with E-state index in [9.17, 15) is 14.0 Å². The third-order valence-electron chi connectivity index (χ3n) is 2.42. The van der Waals surface area contributed by atoms with Crippen molar-refractivity contribution in [2.24, 2.45) is 0 Å². The predicted octanol–water partition coefficient (Wildman–Crippen LogP) is 2.04. The number of ether oxygens (including phenoxy) is 1. The molecule has 2 aromatic heterocycles. The molecule has 2 rings (SSSR count). The predicted molar refractivity (Wildman–Crippen MR) is 74.6 cm³/mol. The first kappa shape index (κ1) is 15.0. The second kappa shape index (κ2) is 6.89. The molecule has 21 heavy (non-hydrogen) atoms. The summed E-state index contributed by atoms with van der Waals surface area (Å²) in [6.07, 6.45) is 2.32. The molecule has 8 heteroatoms. The van der Waals surface area contributed by atoms with Crippen LogP contribution >= 0.6 is 11.3 Å². The van der Waals surface area contributed by atoms with Gasteiger partial charge in [-0.1, -0.05) is 0 Å². The standard InChI is InChI=1S/C13H12FN3O3S/c1-2-20-11(18)5-8-7-21-13(16-8)17-12(19)9-3-4-15-6-10(9)14/h3-4,6-7H,2,5H2,1H3,(H,16,17,19). The third kappa shape index (κ3) is 4.06. The molecule has 110 valence electrons. The number of hydrogen-bond acceptors (Lipinski definition) is 6. The first-order valence-corrected chi connectivity index (χ1v) is 6.99. The van der Waals surface area contributed by atoms with Crippen LogP contribution in [0.15, 0.2) is 23.8 Å². The average Bonchev–Trinajstić information content (AvgIpc) is 2.86. The van der Waals surface area contributed by atoms with Crippen LogP contribution in [-0.2, 0) is 16.0 Å². The largest absolute Gasteiger partial charge is 0.466 e. The molecule has 0 radical (unpaired) electrons. The fourth-order valence-electron chi connectivity index (χ4n) is 1.53. The molecule has 0 saturated heterocycles. The zero-order valence-electron chi connectivity index (χ0n) is 11.1. The minimum absolute atomic E-state index is 0.0316. The molecule has 0 unspecified atom stereocenters. The van der Waals surface area contributed by atoms with E-state index in [1.807, 2.05) is 0 Å². The highest BCUT2D eigenvalue weighted by atomic mass is 32.1. The number of anilines is 1. The fraction of sp³-hybridized carbons (Fsp3) is 0.231. The molecular formula is C13H12FN3O3S. The van der Waals surface area contributed by atoms with Crippen LogP contribution in [-0.4, -0.2) is 28.5 Å². The Morgan fingerprint density at radius 1 is 1.48 bits per heavy atom. The Kier molecular flexibility index (Phi) is 4.94. The van der Waals surface area contributed by atoms with Gasteiger partial charge in [0.1, 0.15) is 0 Å². The maximum atomic E-state index is 13.4. The third-order valence-corrected chi connectivity index (χ3v) is 3.23. The summed E-state index contributed by atoms with van der Waals surface area (Å²) in [7, 11) is 0. The van der Waals surface area contributed by atoms with Gasteiger partial charge >= 0.3 is 5.97 Å². The van der Waals surface area contributed by atoms with Crippen LogP contribution in [0.5, 0.6) is 0 Å². The van der Waals surface area contributed by atoms with Crippen LogP contribution in [0.2, 0.25) is 0 Å². The van der Waals surface area contributed by atoms with E-state index in [1.165, 1.54) is 12.3 Å². The first-order valence-electron chi connectivity index (χ1n) is 6.11. The summed E-state index contributed by atoms with van der Waals surface area (Å²) < 4.78 is 18.2. The molecular weight excluding hydrogens is 297 g/mol. The van der Waals surface area contributed by atoms with Crippen molar-refractivity contribution in [1.82, 2.24) is 9.97 Å². The van der Waals surface area contributed by atoms with Crippen LogP contribution in [0.4, 0.5) is 9.52 Å². The van der Waals surface area contributed by atoms with Gasteiger partial charge in [-0.3, -0.25) is 19.9 Å². The lowest BCUT2D eigenvalue weighted by Crippen LogP contribution is -2.14. The van der Waals surface area contributed by atoms with E-state index < -0.39 is 11.7 Å². The van der Waals surface area contributed by atoms with Gasteiger partial charge in [0.2, 0.25) is 0 Å². The van der Waals surface area contributed by atoms with E-state index in [4.69, 9.17) is 4.74 Å². The number of aromatic nitrogens is 2. The molecule has 0 aliphatic carbocycles. The molecule has 0 aliphatic heterocycles. The molecule has 2 aromatic rings. The fourth-order valence-corrected chi connectivity index (χ4v) is 2.23. The number of rotatable bonds is 5. The molecule has 0 atom stereocenters. The van der Waals surface area contributed by atoms with Crippen molar-refractivity contribution >= 4 is 28.3 Å². The maximum absolute atomic E-state index is 13.4. The lowest BCUT2D eigenvalue weighted by atomic mass is 10.2. The topological polar surface area (TPSA) is 81.2 Å². The Bertz CT molecular complexity index is 660. The highest BCUT2D eigenvalue weighted by Crippen LogP contribution is 2.17. The van der Waals surface area contributed by atoms with Gasteiger partial charge in [-0.25, -0.2) is 9.37 Å². The zero-order valence-corrected chi connectivity index (χ0v) is 11.9. The summed E-state index contributed by atoms with van der Waals surface area (Å²) in [6.45, 7) is 2.02. The minimum Gasteiger partial charge on any atom is -0.466 e. The van der Waals surface area contributed by atoms with Crippen molar-refractivity contribution in [2.75, 3.05) is 11.9 Å². The van der Waals surface area contributed by atoms with Crippen molar-refractivity contribution in [1.29, 1.82) is 0 Å². The first-order chi connectivity index (χ1) is 10.1. The van der Waals surface area contributed by atoms with Crippen molar-refractivity contribution in [3.05, 3.63) is 40.9 Å². The molecule has 1 amide bonds. The van der Waals surface area contributed by atoms with Crippen molar-refractivity contribution in [3.8, 4) is 0 Å². The van der Waals surface area contributed by atoms with Crippen LogP contribution < -0.4 is 5.32 Å². The normalized spacial score (nSPS) is 10.2. The number of hydrogen-bond donors (Lipinski definition) is 1. The van der Waals surface area contributed by atoms with Crippen molar-refractivity contribution < 1.29 is 18.7 Å². The molecule has 2 heterocycles. The van der Waals surface area contributed by atoms with Gasteiger partial charge < -0.3 is 4.74 Å². The minimum atomic E-state index is -0.710. The highest BCUT2D eigenvalue weighted by Gasteiger charge is 2.14. The summed E-state index contributed by atoms with van der Waals surface area (Å²) >= 11 is 1.15. The van der Waals surface area contributed by atoms with E-state index in [1.54, 1.807) is 12.3 Å². The van der Waals surface area contributed by atoms with E-state index in [0.29, 0.717) is 12.3 Å². The van der Waals surface area contributed by atoms with Gasteiger partial charge in [0.15, 0.2) is 10.9 Å². The summed E-state index contributed by atoms with van der Waals surface area (Å²) in [5.74, 6) is -1.72. The van der Waals surface area contributed by atoms with E-state index in [0.717, 1.165) is 17.5 Å². The summed E-state index contributed by atoms with van der Waals surface area (Å²) in [5.41, 5.74) is 0.371. The molecule has 0 spiro atoms. The number of halogens is 1. The summed E-state index contributed by atoms with van der Waals surface area (Å²) in [5, 5.41) is 4.40. The monoisotopic (exact) mass is 309 g/mol. The molecule has 0 aliphatic rings. The Labute approximate surface area is 124 Å². The Morgan fingerprint density at radius 2 is 2.29 bits per heavy atom. The Morgan fingerprint density at radius 3 is 3.00 bits per heavy atom. The second-order valence-corrected chi connectivity index (χ2v) is 4.79. The highest BCUT2D eigenvalue weighted by molar-refractivity contribution is 7.14.